The van der Waals surface area contributed by atoms with Crippen molar-refractivity contribution in [3.63, 3.8) is 0 Å². The van der Waals surface area contributed by atoms with Gasteiger partial charge in [-0.15, -0.1) is 0 Å². The van der Waals surface area contributed by atoms with Gasteiger partial charge in [0.25, 0.3) is 35.4 Å². The first kappa shape index (κ1) is 91.7. The minimum atomic E-state index is -0.252. The van der Waals surface area contributed by atoms with Crippen LogP contribution < -0.4 is 81.6 Å². The van der Waals surface area contributed by atoms with E-state index >= 15 is 0 Å². The molecule has 0 aliphatic carbocycles. The number of hydrogen-bond acceptors (Lipinski definition) is 30. The molecule has 0 aliphatic heterocycles. The van der Waals surface area contributed by atoms with Gasteiger partial charge in [-0.1, -0.05) is 58.6 Å². The van der Waals surface area contributed by atoms with Crippen molar-refractivity contribution in [1.29, 1.82) is 0 Å². The van der Waals surface area contributed by atoms with E-state index in [0.29, 0.717) is 56.0 Å². The molecule has 0 saturated heterocycles. The predicted octanol–water partition coefficient (Wildman–Crippen LogP) is 4.86. The van der Waals surface area contributed by atoms with Gasteiger partial charge in [-0.2, -0.15) is 0 Å². The molecule has 0 aliphatic rings. The topological polar surface area (TPSA) is 441 Å². The molecule has 6 aromatic heterocycles. The van der Waals surface area contributed by atoms with Gasteiger partial charge in [0.1, 0.15) is 0 Å². The maximum Gasteiger partial charge on any atom is 0.314 e. The summed E-state index contributed by atoms with van der Waals surface area (Å²) in [6, 6.07) is 4.38. The molecule has 0 atom stereocenters. The zero-order valence-corrected chi connectivity index (χ0v) is 64.3. The number of methoxy groups -OCH3 is 6. The number of rotatable bonds is 40. The lowest BCUT2D eigenvalue weighted by Crippen LogP contribution is -2.43. The number of carbonyl (C=O) groups is 6. The van der Waals surface area contributed by atoms with Gasteiger partial charge in [0.05, 0.1) is 77.5 Å². The predicted molar refractivity (Wildman–Crippen MR) is 384 cm³/mol. The molecule has 36 nitrogen and oxygen atoms in total. The number of hydrogen-bond donors (Lipinski definition) is 10. The Bertz CT molecular complexity index is 3320. The zero-order chi connectivity index (χ0) is 77.3. The van der Waals surface area contributed by atoms with Crippen LogP contribution in [0.4, 0.5) is 0 Å². The van der Waals surface area contributed by atoms with E-state index in [1.54, 1.807) is 20.8 Å². The normalized spacial score (nSPS) is 10.7. The number of amides is 6. The van der Waals surface area contributed by atoms with Gasteiger partial charge >= 0.3 is 35.7 Å². The summed E-state index contributed by atoms with van der Waals surface area (Å²) in [6.07, 6.45) is 5.23. The van der Waals surface area contributed by atoms with Crippen LogP contribution in [0.5, 0.6) is 35.7 Å². The Hall–Kier alpha value is -9.36. The minimum absolute atomic E-state index is 0.0403. The van der Waals surface area contributed by atoms with Crippen LogP contribution in [0.2, 0.25) is 0 Å². The molecule has 0 spiro atoms. The zero-order valence-electron chi connectivity index (χ0n) is 64.3. The average molecular weight is 1460 g/mol. The van der Waals surface area contributed by atoms with Gasteiger partial charge < -0.3 is 119 Å². The summed E-state index contributed by atoms with van der Waals surface area (Å²) in [6.45, 7) is 33.1. The molecule has 0 bridgehead atoms. The smallest absolute Gasteiger partial charge is 0.314 e. The van der Waals surface area contributed by atoms with E-state index in [4.69, 9.17) is 55.6 Å². The van der Waals surface area contributed by atoms with E-state index in [1.165, 1.54) is 60.9 Å². The summed E-state index contributed by atoms with van der Waals surface area (Å²) in [5.41, 5.74) is 3.49. The molecule has 6 rings (SSSR count). The van der Waals surface area contributed by atoms with Crippen LogP contribution in [0, 0.1) is 20.8 Å². The third kappa shape index (κ3) is 34.4. The molecule has 0 radical (unpaired) electrons. The minimum Gasteiger partial charge on any atom is -0.467 e. The molecule has 0 aromatic carbocycles. The molecule has 0 fully saturated rings. The van der Waals surface area contributed by atoms with Crippen molar-refractivity contribution in [2.75, 3.05) is 162 Å². The lowest BCUT2D eigenvalue weighted by molar-refractivity contribution is 0.0920. The molecule has 36 heteroatoms. The molecule has 6 amide bonds. The van der Waals surface area contributed by atoms with E-state index in [9.17, 15) is 28.8 Å². The van der Waals surface area contributed by atoms with Crippen LogP contribution in [-0.4, -0.2) is 250 Å². The lowest BCUT2D eigenvalue weighted by Gasteiger charge is -2.35. The third-order valence-electron chi connectivity index (χ3n) is 15.6. The van der Waals surface area contributed by atoms with Gasteiger partial charge in [-0.3, -0.25) is 28.8 Å². The highest BCUT2D eigenvalue weighted by molar-refractivity contribution is 5.95. The summed E-state index contributed by atoms with van der Waals surface area (Å²) >= 11 is 0. The summed E-state index contributed by atoms with van der Waals surface area (Å²) in [5.74, 6) is 0.0913. The maximum atomic E-state index is 12.0. The Morgan fingerprint density at radius 3 is 0.874 bits per heavy atom. The van der Waals surface area contributed by atoms with E-state index in [-0.39, 0.29) is 116 Å². The van der Waals surface area contributed by atoms with Gasteiger partial charge in [-0.05, 0) is 168 Å². The van der Waals surface area contributed by atoms with Crippen LogP contribution in [-0.2, 0) is 0 Å². The first-order chi connectivity index (χ1) is 49.2. The second-order valence-corrected chi connectivity index (χ2v) is 23.7. The lowest BCUT2D eigenvalue weighted by atomic mass is 9.99. The average Bonchev–Trinajstić information content (AvgIpc) is 1.70. The molecule has 10 N–H and O–H groups in total. The van der Waals surface area contributed by atoms with Crippen molar-refractivity contribution in [3.8, 4) is 35.7 Å². The fourth-order valence-corrected chi connectivity index (χ4v) is 8.40. The number of aromatic nitrogens is 6. The van der Waals surface area contributed by atoms with Crippen molar-refractivity contribution in [3.05, 3.63) is 69.1 Å². The van der Waals surface area contributed by atoms with Gasteiger partial charge in [0.15, 0.2) is 34.2 Å². The Balaban J connectivity index is 0.000000620. The highest BCUT2D eigenvalue weighted by Gasteiger charge is 2.26. The standard InChI is InChI=1S/C14H25N3O3.C13H23N3O3.C11H19N3O3.2C10H17N3O3.C9H15N3O3/c1-7-17(5)14(3,4)8-9-15-12(18)11-10(2)13(19-6)20-16-11;1-6-16(4)13(2,3)7-8-14-12(17)10-9-11(18-5)19-15-10;1-4-12-6-5-7-13-10(15)9-8(2)11(16-3)17-14-9;1-7-8(13-16-10(7)15-3)9(14)12-6-4-5-11-2;1-3-11-5-4-6-12-10(14)8-7-9(15-2)16-13-8;1-10-4-3-5-11-9(13)7-6-8(14-2)15-12-7/h7-9H2,1-6H3,(H,15,18);9H,6-8H2,1-5H3,(H,14,17);12H,4-7H2,1-3H3,(H,13,15);11H,4-6H2,1-3H3,(H,12,14);7,11H,3-6H2,1-2H3,(H,12,14);6,10H,3-5H2,1-2H3,(H,11,13). The molecule has 0 saturated carbocycles. The van der Waals surface area contributed by atoms with Gasteiger partial charge in [-0.25, -0.2) is 0 Å². The Morgan fingerprint density at radius 2 is 0.641 bits per heavy atom. The fourth-order valence-electron chi connectivity index (χ4n) is 8.40. The van der Waals surface area contributed by atoms with Crippen molar-refractivity contribution in [2.45, 2.75) is 126 Å². The molecule has 6 heterocycles. The largest absolute Gasteiger partial charge is 0.467 e. The number of ether oxygens (including phenoxy) is 6. The monoisotopic (exact) mass is 1460 g/mol. The second kappa shape index (κ2) is 51.7. The first-order valence-corrected chi connectivity index (χ1v) is 34.0. The summed E-state index contributed by atoms with van der Waals surface area (Å²) in [4.78, 5) is 74.6. The van der Waals surface area contributed by atoms with Crippen LogP contribution >= 0.6 is 0 Å². The first-order valence-electron chi connectivity index (χ1n) is 34.0. The van der Waals surface area contributed by atoms with Crippen LogP contribution in [0.1, 0.15) is 174 Å². The summed E-state index contributed by atoms with van der Waals surface area (Å²) in [5, 5.41) is 50.8. The number of carbonyl (C=O) groups excluding carboxylic acids is 6. The van der Waals surface area contributed by atoms with Crippen LogP contribution in [0.25, 0.3) is 0 Å². The molecular formula is C67H116N18O18. The summed E-state index contributed by atoms with van der Waals surface area (Å²) in [7, 11) is 16.7. The molecule has 103 heavy (non-hydrogen) atoms. The van der Waals surface area contributed by atoms with E-state index in [0.717, 1.165) is 90.9 Å². The van der Waals surface area contributed by atoms with Crippen LogP contribution in [0.15, 0.2) is 45.3 Å². The number of nitrogens with one attached hydrogen (secondary N) is 10. The maximum absolute atomic E-state index is 12.0. The molecule has 582 valence electrons. The summed E-state index contributed by atoms with van der Waals surface area (Å²) < 4.78 is 58.1. The molecule has 6 aromatic rings. The Morgan fingerprint density at radius 1 is 0.379 bits per heavy atom. The quantitative estimate of drug-likeness (QED) is 0.0230. The van der Waals surface area contributed by atoms with E-state index in [2.05, 4.69) is 150 Å². The highest BCUT2D eigenvalue weighted by atomic mass is 16.6. The number of nitrogens with zero attached hydrogens (tertiary/aromatic N) is 8. The van der Waals surface area contributed by atoms with Crippen molar-refractivity contribution in [2.24, 2.45) is 0 Å². The molecule has 0 unspecified atom stereocenters. The van der Waals surface area contributed by atoms with Crippen molar-refractivity contribution in [1.82, 2.24) is 93.9 Å². The third-order valence-corrected chi connectivity index (χ3v) is 15.6. The van der Waals surface area contributed by atoms with Crippen molar-refractivity contribution >= 4 is 35.4 Å². The van der Waals surface area contributed by atoms with E-state index < -0.39 is 0 Å². The van der Waals surface area contributed by atoms with Gasteiger partial charge in [0.2, 0.25) is 0 Å². The van der Waals surface area contributed by atoms with Gasteiger partial charge in [0, 0.05) is 50.3 Å². The Labute approximate surface area is 604 Å². The highest BCUT2D eigenvalue weighted by Crippen LogP contribution is 2.23. The van der Waals surface area contributed by atoms with Crippen LogP contribution in [0.3, 0.4) is 0 Å². The second-order valence-electron chi connectivity index (χ2n) is 23.7. The SMILES string of the molecule is CCN(C)C(C)(C)CCNC(=O)c1cc(OC)on1.CCN(C)C(C)(C)CCNC(=O)c1noc(OC)c1C.CCNCCCNC(=O)c1cc(OC)on1.CCNCCCNC(=O)c1noc(OC)c1C.CNCCCNC(=O)c1cc(OC)on1.CNCCCNC(=O)c1noc(OC)c1C. The Kier molecular flexibility index (Phi) is 46.0. The van der Waals surface area contributed by atoms with Crippen molar-refractivity contribution < 1.29 is 84.3 Å². The fraction of sp³-hybridized carbons (Fsp3) is 0.642. The molecular weight excluding hydrogens is 1340 g/mol. The van der Waals surface area contributed by atoms with E-state index in [1.807, 2.05) is 27.9 Å².